The van der Waals surface area contributed by atoms with Crippen LogP contribution >= 0.6 is 0 Å². The third kappa shape index (κ3) is 4.58. The molecule has 0 fully saturated rings. The summed E-state index contributed by atoms with van der Waals surface area (Å²) in [6.07, 6.45) is 2.95. The van der Waals surface area contributed by atoms with Crippen molar-refractivity contribution in [3.05, 3.63) is 109 Å². The lowest BCUT2D eigenvalue weighted by Gasteiger charge is -2.09. The average Bonchev–Trinajstić information content (AvgIpc) is 3.65. The zero-order valence-corrected chi connectivity index (χ0v) is 21.1. The zero-order valence-electron chi connectivity index (χ0n) is 21.1. The number of amides is 1. The van der Waals surface area contributed by atoms with Gasteiger partial charge >= 0.3 is 6.09 Å². The van der Waals surface area contributed by atoms with Crippen molar-refractivity contribution in [2.75, 3.05) is 12.1 Å². The van der Waals surface area contributed by atoms with Crippen molar-refractivity contribution in [1.29, 1.82) is 0 Å². The second kappa shape index (κ2) is 9.92. The van der Waals surface area contributed by atoms with E-state index in [1.807, 2.05) is 66.7 Å². The van der Waals surface area contributed by atoms with E-state index in [0.717, 1.165) is 44.7 Å². The standard InChI is InChI=1S/C32H22N4O4/c37-32(34-25-9-11-27-28(18-25)39-19-38-27)40-26-10-8-22-16-24(7-6-23(22)17-26)30-29(20-12-14-33-15-13-20)35-31(36-30)21-4-2-1-3-5-21/h1-18H,19H2,(H,34,37)(H,35,36). The zero-order chi connectivity index (χ0) is 26.9. The summed E-state index contributed by atoms with van der Waals surface area (Å²) in [5.74, 6) is 2.45. The number of nitrogens with one attached hydrogen (secondary N) is 2. The van der Waals surface area contributed by atoms with Crippen molar-refractivity contribution in [2.24, 2.45) is 0 Å². The minimum atomic E-state index is -0.596. The highest BCUT2D eigenvalue weighted by molar-refractivity contribution is 5.92. The van der Waals surface area contributed by atoms with Crippen LogP contribution in [0.5, 0.6) is 17.2 Å². The number of pyridine rings is 1. The third-order valence-corrected chi connectivity index (χ3v) is 6.63. The highest BCUT2D eigenvalue weighted by Crippen LogP contribution is 2.36. The Kier molecular flexibility index (Phi) is 5.82. The number of nitrogens with zero attached hydrogens (tertiary/aromatic N) is 2. The average molecular weight is 527 g/mol. The van der Waals surface area contributed by atoms with Gasteiger partial charge in [0, 0.05) is 40.8 Å². The molecule has 0 bridgehead atoms. The van der Waals surface area contributed by atoms with E-state index in [9.17, 15) is 4.79 Å². The van der Waals surface area contributed by atoms with Gasteiger partial charge in [-0.15, -0.1) is 0 Å². The van der Waals surface area contributed by atoms with E-state index in [1.54, 1.807) is 36.7 Å². The van der Waals surface area contributed by atoms with E-state index in [-0.39, 0.29) is 6.79 Å². The van der Waals surface area contributed by atoms with Gasteiger partial charge in [-0.3, -0.25) is 10.3 Å². The fourth-order valence-corrected chi connectivity index (χ4v) is 4.70. The molecular formula is C32H22N4O4. The molecule has 3 heterocycles. The van der Waals surface area contributed by atoms with Crippen LogP contribution in [0.2, 0.25) is 0 Å². The molecule has 0 atom stereocenters. The van der Waals surface area contributed by atoms with Crippen molar-refractivity contribution in [3.63, 3.8) is 0 Å². The first kappa shape index (κ1) is 23.5. The largest absolute Gasteiger partial charge is 0.454 e. The Labute approximate surface area is 229 Å². The molecule has 0 radical (unpaired) electrons. The van der Waals surface area contributed by atoms with Gasteiger partial charge in [-0.25, -0.2) is 9.78 Å². The highest BCUT2D eigenvalue weighted by Gasteiger charge is 2.17. The number of ether oxygens (including phenoxy) is 3. The van der Waals surface area contributed by atoms with E-state index >= 15 is 0 Å². The Balaban J connectivity index is 1.16. The molecule has 40 heavy (non-hydrogen) atoms. The van der Waals surface area contributed by atoms with Crippen molar-refractivity contribution in [3.8, 4) is 51.2 Å². The minimum absolute atomic E-state index is 0.168. The Morgan fingerprint density at radius 3 is 2.45 bits per heavy atom. The molecule has 0 saturated heterocycles. The van der Waals surface area contributed by atoms with E-state index in [0.29, 0.717) is 22.9 Å². The number of hydrogen-bond acceptors (Lipinski definition) is 6. The number of fused-ring (bicyclic) bond motifs is 2. The first-order valence-electron chi connectivity index (χ1n) is 12.7. The van der Waals surface area contributed by atoms with Crippen LogP contribution in [-0.2, 0) is 0 Å². The second-order valence-electron chi connectivity index (χ2n) is 9.22. The highest BCUT2D eigenvalue weighted by atomic mass is 16.7. The SMILES string of the molecule is O=C(Nc1ccc2c(c1)OCO2)Oc1ccc2cc(-c3nc(-c4ccccc4)[nH]c3-c3ccncc3)ccc2c1. The van der Waals surface area contributed by atoms with Crippen LogP contribution in [0.3, 0.4) is 0 Å². The predicted molar refractivity (Wildman–Crippen MR) is 152 cm³/mol. The monoisotopic (exact) mass is 526 g/mol. The van der Waals surface area contributed by atoms with Crippen LogP contribution in [0.25, 0.3) is 44.7 Å². The molecule has 4 aromatic carbocycles. The lowest BCUT2D eigenvalue weighted by Crippen LogP contribution is -2.16. The Hall–Kier alpha value is -5.63. The van der Waals surface area contributed by atoms with Gasteiger partial charge in [0.2, 0.25) is 6.79 Å². The van der Waals surface area contributed by atoms with E-state index in [2.05, 4.69) is 21.4 Å². The molecule has 2 aromatic heterocycles. The fourth-order valence-electron chi connectivity index (χ4n) is 4.70. The first-order chi connectivity index (χ1) is 19.7. The molecule has 1 amide bonds. The van der Waals surface area contributed by atoms with Gasteiger partial charge in [0.15, 0.2) is 11.5 Å². The summed E-state index contributed by atoms with van der Waals surface area (Å²) >= 11 is 0. The van der Waals surface area contributed by atoms with E-state index < -0.39 is 6.09 Å². The van der Waals surface area contributed by atoms with E-state index in [1.165, 1.54) is 0 Å². The van der Waals surface area contributed by atoms with Gasteiger partial charge in [-0.2, -0.15) is 0 Å². The molecular weight excluding hydrogens is 504 g/mol. The summed E-state index contributed by atoms with van der Waals surface area (Å²) in [5.41, 5.74) is 5.28. The number of carbonyl (C=O) groups is 1. The normalized spacial score (nSPS) is 11.9. The Morgan fingerprint density at radius 2 is 1.57 bits per heavy atom. The quantitative estimate of drug-likeness (QED) is 0.245. The van der Waals surface area contributed by atoms with Crippen LogP contribution in [-0.4, -0.2) is 27.8 Å². The molecule has 2 N–H and O–H groups in total. The number of carbonyl (C=O) groups excluding carboxylic acids is 1. The lowest BCUT2D eigenvalue weighted by molar-refractivity contribution is 0.174. The number of rotatable bonds is 5. The Bertz CT molecular complexity index is 1850. The molecule has 0 unspecified atom stereocenters. The van der Waals surface area contributed by atoms with Crippen molar-refractivity contribution < 1.29 is 19.0 Å². The molecule has 8 heteroatoms. The summed E-state index contributed by atoms with van der Waals surface area (Å²) in [4.78, 5) is 25.2. The molecule has 0 aliphatic carbocycles. The maximum absolute atomic E-state index is 12.5. The molecule has 1 aliphatic rings. The van der Waals surface area contributed by atoms with Crippen LogP contribution in [0, 0.1) is 0 Å². The molecule has 7 rings (SSSR count). The van der Waals surface area contributed by atoms with Crippen LogP contribution < -0.4 is 19.5 Å². The lowest BCUT2D eigenvalue weighted by atomic mass is 10.0. The summed E-state index contributed by atoms with van der Waals surface area (Å²) in [6.45, 7) is 0.168. The number of H-pyrrole nitrogens is 1. The smallest absolute Gasteiger partial charge is 0.417 e. The maximum atomic E-state index is 12.5. The maximum Gasteiger partial charge on any atom is 0.417 e. The summed E-state index contributed by atoms with van der Waals surface area (Å²) in [5, 5.41) is 4.65. The fraction of sp³-hybridized carbons (Fsp3) is 0.0312. The summed E-state index contributed by atoms with van der Waals surface area (Å²) in [6, 6.07) is 30.8. The molecule has 0 saturated carbocycles. The minimum Gasteiger partial charge on any atom is -0.454 e. The van der Waals surface area contributed by atoms with Crippen molar-refractivity contribution in [1.82, 2.24) is 15.0 Å². The summed E-state index contributed by atoms with van der Waals surface area (Å²) in [7, 11) is 0. The van der Waals surface area contributed by atoms with Gasteiger partial charge in [0.05, 0.1) is 11.4 Å². The Morgan fingerprint density at radius 1 is 0.775 bits per heavy atom. The van der Waals surface area contributed by atoms with E-state index in [4.69, 9.17) is 19.2 Å². The number of aromatic nitrogens is 3. The number of benzene rings is 4. The number of aromatic amines is 1. The van der Waals surface area contributed by atoms with Crippen LogP contribution in [0.1, 0.15) is 0 Å². The van der Waals surface area contributed by atoms with Crippen molar-refractivity contribution in [2.45, 2.75) is 0 Å². The van der Waals surface area contributed by atoms with Gasteiger partial charge in [-0.05, 0) is 53.2 Å². The third-order valence-electron chi connectivity index (χ3n) is 6.63. The molecule has 194 valence electrons. The second-order valence-corrected chi connectivity index (χ2v) is 9.22. The molecule has 6 aromatic rings. The van der Waals surface area contributed by atoms with Crippen LogP contribution in [0.15, 0.2) is 109 Å². The molecule has 1 aliphatic heterocycles. The van der Waals surface area contributed by atoms with Gasteiger partial charge in [0.25, 0.3) is 0 Å². The first-order valence-corrected chi connectivity index (χ1v) is 12.7. The molecule has 8 nitrogen and oxygen atoms in total. The van der Waals surface area contributed by atoms with Gasteiger partial charge in [-0.1, -0.05) is 48.5 Å². The molecule has 0 spiro atoms. The number of imidazole rings is 1. The number of hydrogen-bond donors (Lipinski definition) is 2. The van der Waals surface area contributed by atoms with Gasteiger partial charge in [0.1, 0.15) is 11.6 Å². The predicted octanol–water partition coefficient (Wildman–Crippen LogP) is 7.30. The topological polar surface area (TPSA) is 98.4 Å². The van der Waals surface area contributed by atoms with Crippen molar-refractivity contribution >= 4 is 22.6 Å². The number of anilines is 1. The van der Waals surface area contributed by atoms with Crippen LogP contribution in [0.4, 0.5) is 10.5 Å². The van der Waals surface area contributed by atoms with Gasteiger partial charge < -0.3 is 19.2 Å². The summed E-state index contributed by atoms with van der Waals surface area (Å²) < 4.78 is 16.2.